The van der Waals surface area contributed by atoms with Crippen LogP contribution in [0.5, 0.6) is 0 Å². The van der Waals surface area contributed by atoms with Crippen molar-refractivity contribution in [3.63, 3.8) is 0 Å². The number of benzene rings is 2. The number of carbonyl (C=O) groups excluding carboxylic acids is 3. The van der Waals surface area contributed by atoms with E-state index in [-0.39, 0.29) is 18.4 Å². The minimum Gasteiger partial charge on any atom is -0.341 e. The lowest BCUT2D eigenvalue weighted by Gasteiger charge is -2.29. The van der Waals surface area contributed by atoms with Crippen LogP contribution in [0.15, 0.2) is 59.6 Å². The summed E-state index contributed by atoms with van der Waals surface area (Å²) in [6, 6.07) is 16.1. The topological polar surface area (TPSA) is 94.1 Å². The van der Waals surface area contributed by atoms with Crippen LogP contribution in [0.1, 0.15) is 45.1 Å². The van der Waals surface area contributed by atoms with Crippen molar-refractivity contribution in [1.82, 2.24) is 10.2 Å². The standard InChI is InChI=1S/C29H35N5O3/c1-19(2)26-23-10-6-7-11-24(23)34(18-25(35)33-16-20-12-13-21(17-33)15-14-20)28(36)27(31-26)32-29(37)30-22-8-4-3-5-9-22/h3-11,19-21,27H,12-18H2,1-2H3,(H2,30,32,37)/t20?,21?,27-/m0/s1. The van der Waals surface area contributed by atoms with Crippen molar-refractivity contribution in [2.24, 2.45) is 22.7 Å². The summed E-state index contributed by atoms with van der Waals surface area (Å²) in [5, 5.41) is 5.50. The van der Waals surface area contributed by atoms with Crippen LogP contribution in [0, 0.1) is 17.8 Å². The number of urea groups is 1. The highest BCUT2D eigenvalue weighted by atomic mass is 16.2. The minimum atomic E-state index is -1.15. The van der Waals surface area contributed by atoms with Crippen molar-refractivity contribution in [1.29, 1.82) is 0 Å². The number of benzodiazepines with no additional fused rings is 1. The first-order valence-electron chi connectivity index (χ1n) is 13.3. The van der Waals surface area contributed by atoms with Crippen molar-refractivity contribution in [2.45, 2.75) is 45.7 Å². The molecule has 2 bridgehead atoms. The summed E-state index contributed by atoms with van der Waals surface area (Å²) in [5.41, 5.74) is 2.79. The second kappa shape index (κ2) is 10.7. The van der Waals surface area contributed by atoms with Gasteiger partial charge in [-0.05, 0) is 61.6 Å². The number of amides is 4. The molecule has 0 spiro atoms. The summed E-state index contributed by atoms with van der Waals surface area (Å²) in [6.07, 6.45) is 3.55. The number of anilines is 2. The highest BCUT2D eigenvalue weighted by Crippen LogP contribution is 2.34. The first kappa shape index (κ1) is 25.0. The summed E-state index contributed by atoms with van der Waals surface area (Å²) in [6.45, 7) is 5.46. The first-order chi connectivity index (χ1) is 17.9. The molecule has 2 aromatic rings. The maximum atomic E-state index is 13.9. The van der Waals surface area contributed by atoms with E-state index in [9.17, 15) is 14.4 Å². The molecule has 4 aliphatic rings. The molecule has 2 aromatic carbocycles. The molecular formula is C29H35N5O3. The maximum absolute atomic E-state index is 13.9. The zero-order chi connectivity index (χ0) is 25.9. The van der Waals surface area contributed by atoms with Gasteiger partial charge in [-0.15, -0.1) is 0 Å². The van der Waals surface area contributed by atoms with Crippen LogP contribution < -0.4 is 15.5 Å². The molecule has 2 N–H and O–H groups in total. The Kier molecular flexibility index (Phi) is 7.26. The van der Waals surface area contributed by atoms with E-state index in [1.807, 2.05) is 61.2 Å². The predicted octanol–water partition coefficient (Wildman–Crippen LogP) is 4.27. The molecule has 0 unspecified atom stereocenters. The highest BCUT2D eigenvalue weighted by Gasteiger charge is 2.37. The van der Waals surface area contributed by atoms with Crippen molar-refractivity contribution in [3.8, 4) is 0 Å². The summed E-state index contributed by atoms with van der Waals surface area (Å²) >= 11 is 0. The Morgan fingerprint density at radius 2 is 1.57 bits per heavy atom. The second-order valence-corrected chi connectivity index (χ2v) is 10.7. The number of aliphatic imine (C=N–C) groups is 1. The van der Waals surface area contributed by atoms with E-state index in [0.717, 1.165) is 24.4 Å². The van der Waals surface area contributed by atoms with Crippen LogP contribution in [0.25, 0.3) is 0 Å². The van der Waals surface area contributed by atoms with Gasteiger partial charge in [-0.3, -0.25) is 19.5 Å². The van der Waals surface area contributed by atoms with Crippen LogP contribution >= 0.6 is 0 Å². The first-order valence-corrected chi connectivity index (χ1v) is 13.3. The molecule has 8 nitrogen and oxygen atoms in total. The van der Waals surface area contributed by atoms with E-state index in [4.69, 9.17) is 4.99 Å². The van der Waals surface area contributed by atoms with Gasteiger partial charge in [-0.25, -0.2) is 4.79 Å². The fourth-order valence-corrected chi connectivity index (χ4v) is 5.72. The summed E-state index contributed by atoms with van der Waals surface area (Å²) < 4.78 is 0. The summed E-state index contributed by atoms with van der Waals surface area (Å²) in [5.74, 6) is 0.621. The molecule has 0 radical (unpaired) electrons. The lowest BCUT2D eigenvalue weighted by Crippen LogP contribution is -2.51. The Bertz CT molecular complexity index is 1170. The fraction of sp³-hybridized carbons (Fsp3) is 0.448. The van der Waals surface area contributed by atoms with E-state index < -0.39 is 18.1 Å². The number of nitrogens with one attached hydrogen (secondary N) is 2. The van der Waals surface area contributed by atoms with E-state index in [0.29, 0.717) is 23.2 Å². The molecule has 37 heavy (non-hydrogen) atoms. The van der Waals surface area contributed by atoms with Gasteiger partial charge >= 0.3 is 6.03 Å². The van der Waals surface area contributed by atoms with E-state index in [1.165, 1.54) is 30.6 Å². The number of fused-ring (bicyclic) bond motifs is 5. The van der Waals surface area contributed by atoms with Crippen molar-refractivity contribution < 1.29 is 14.4 Å². The Morgan fingerprint density at radius 1 is 0.946 bits per heavy atom. The van der Waals surface area contributed by atoms with Crippen LogP contribution in [-0.2, 0) is 9.59 Å². The van der Waals surface area contributed by atoms with Gasteiger partial charge in [0.2, 0.25) is 12.1 Å². The lowest BCUT2D eigenvalue weighted by molar-refractivity contribution is -0.132. The lowest BCUT2D eigenvalue weighted by atomic mass is 9.84. The molecule has 6 rings (SSSR count). The minimum absolute atomic E-state index is 0.00678. The molecule has 0 aromatic heterocycles. The zero-order valence-electron chi connectivity index (χ0n) is 21.5. The Hall–Kier alpha value is -3.68. The molecule has 3 aliphatic heterocycles. The Labute approximate surface area is 218 Å². The van der Waals surface area contributed by atoms with Crippen LogP contribution in [-0.4, -0.2) is 54.3 Å². The average Bonchev–Trinajstić information content (AvgIpc) is 3.28. The predicted molar refractivity (Wildman–Crippen MR) is 145 cm³/mol. The molecule has 194 valence electrons. The number of nitrogens with zero attached hydrogens (tertiary/aromatic N) is 3. The number of hydrogen-bond donors (Lipinski definition) is 2. The zero-order valence-corrected chi connectivity index (χ0v) is 21.5. The Morgan fingerprint density at radius 3 is 2.22 bits per heavy atom. The maximum Gasteiger partial charge on any atom is 0.321 e. The van der Waals surface area contributed by atoms with E-state index in [2.05, 4.69) is 10.6 Å². The SMILES string of the molecule is CC(C)C1=N[C@@H](NC(=O)Nc2ccccc2)C(=O)N(CC(=O)N2CC3CCC(CC3)C2)c2ccccc21. The van der Waals surface area contributed by atoms with E-state index in [1.54, 1.807) is 12.1 Å². The summed E-state index contributed by atoms with van der Waals surface area (Å²) in [4.78, 5) is 48.5. The smallest absolute Gasteiger partial charge is 0.321 e. The largest absolute Gasteiger partial charge is 0.341 e. The van der Waals surface area contributed by atoms with E-state index >= 15 is 0 Å². The van der Waals surface area contributed by atoms with Gasteiger partial charge in [-0.2, -0.15) is 0 Å². The average molecular weight is 502 g/mol. The second-order valence-electron chi connectivity index (χ2n) is 10.7. The van der Waals surface area contributed by atoms with Gasteiger partial charge in [0.05, 0.1) is 5.69 Å². The van der Waals surface area contributed by atoms with Gasteiger partial charge in [0.15, 0.2) is 0 Å². The molecule has 1 saturated carbocycles. The van der Waals surface area contributed by atoms with Gasteiger partial charge in [-0.1, -0.05) is 50.2 Å². The van der Waals surface area contributed by atoms with Gasteiger partial charge in [0.25, 0.3) is 5.91 Å². The number of carbonyl (C=O) groups is 3. The van der Waals surface area contributed by atoms with Crippen molar-refractivity contribution in [2.75, 3.05) is 29.9 Å². The van der Waals surface area contributed by atoms with Crippen LogP contribution in [0.2, 0.25) is 0 Å². The Balaban J connectivity index is 1.42. The highest BCUT2D eigenvalue weighted by molar-refractivity contribution is 6.15. The number of para-hydroxylation sites is 2. The third-order valence-electron chi connectivity index (χ3n) is 7.65. The molecule has 1 aliphatic carbocycles. The van der Waals surface area contributed by atoms with Crippen LogP contribution in [0.4, 0.5) is 16.2 Å². The normalized spacial score (nSPS) is 23.2. The fourth-order valence-electron chi connectivity index (χ4n) is 5.72. The molecular weight excluding hydrogens is 466 g/mol. The molecule has 4 amide bonds. The molecule has 3 fully saturated rings. The molecule has 1 atom stereocenters. The third kappa shape index (κ3) is 5.53. The number of rotatable bonds is 5. The van der Waals surface area contributed by atoms with Crippen molar-refractivity contribution in [3.05, 3.63) is 60.2 Å². The molecule has 3 heterocycles. The summed E-state index contributed by atoms with van der Waals surface area (Å²) in [7, 11) is 0. The van der Waals surface area contributed by atoms with Gasteiger partial charge < -0.3 is 15.5 Å². The third-order valence-corrected chi connectivity index (χ3v) is 7.65. The van der Waals surface area contributed by atoms with Gasteiger partial charge in [0.1, 0.15) is 6.54 Å². The van der Waals surface area contributed by atoms with Crippen LogP contribution in [0.3, 0.4) is 0 Å². The molecule has 8 heteroatoms. The molecule has 2 saturated heterocycles. The van der Waals surface area contributed by atoms with Gasteiger partial charge in [0, 0.05) is 30.1 Å². The quantitative estimate of drug-likeness (QED) is 0.641. The monoisotopic (exact) mass is 501 g/mol. The van der Waals surface area contributed by atoms with Crippen molar-refractivity contribution >= 4 is 34.9 Å². The number of hydrogen-bond acceptors (Lipinski definition) is 4.